The second-order valence-corrected chi connectivity index (χ2v) is 9.09. The number of carbonyl (C=O) groups excluding carboxylic acids is 5. The van der Waals surface area contributed by atoms with Crippen molar-refractivity contribution in [2.24, 2.45) is 0 Å². The third-order valence-electron chi connectivity index (χ3n) is 6.42. The predicted molar refractivity (Wildman–Crippen MR) is 137 cm³/mol. The van der Waals surface area contributed by atoms with Gasteiger partial charge in [-0.15, -0.1) is 0 Å². The van der Waals surface area contributed by atoms with Crippen LogP contribution < -0.4 is 16.0 Å². The van der Waals surface area contributed by atoms with Crippen LogP contribution in [0.4, 0.5) is 0 Å². The molecular formula is C27H33N5O5. The van der Waals surface area contributed by atoms with Crippen molar-refractivity contribution in [1.29, 1.82) is 0 Å². The molecule has 1 heterocycles. The van der Waals surface area contributed by atoms with Gasteiger partial charge < -0.3 is 25.8 Å². The molecule has 3 atom stereocenters. The topological polar surface area (TPSA) is 128 Å². The second-order valence-electron chi connectivity index (χ2n) is 9.09. The highest BCUT2D eigenvalue weighted by atomic mass is 16.2. The molecule has 1 aliphatic heterocycles. The molecule has 0 aliphatic carbocycles. The molecule has 0 aromatic heterocycles. The summed E-state index contributed by atoms with van der Waals surface area (Å²) in [5.41, 5.74) is 1.67. The van der Waals surface area contributed by atoms with E-state index in [1.807, 2.05) is 60.7 Å². The fourth-order valence-electron chi connectivity index (χ4n) is 4.09. The SMILES string of the molecule is C[C@@H]1NC(=O)[C@@H](Cc2ccccc2)N(C)C(=O)[C@H](Cc2ccccc2)N(C)C(=O)CNC(=O)CNC1=O. The van der Waals surface area contributed by atoms with Crippen molar-refractivity contribution in [2.75, 3.05) is 27.2 Å². The molecule has 0 radical (unpaired) electrons. The first-order valence-electron chi connectivity index (χ1n) is 12.1. The molecule has 5 amide bonds. The highest BCUT2D eigenvalue weighted by Gasteiger charge is 2.36. The number of likely N-dealkylation sites (N-methyl/N-ethyl adjacent to an activating group) is 2. The van der Waals surface area contributed by atoms with Crippen molar-refractivity contribution < 1.29 is 24.0 Å². The van der Waals surface area contributed by atoms with Gasteiger partial charge in [0.25, 0.3) is 0 Å². The van der Waals surface area contributed by atoms with E-state index in [1.54, 1.807) is 0 Å². The maximum absolute atomic E-state index is 13.9. The lowest BCUT2D eigenvalue weighted by molar-refractivity contribution is -0.147. The van der Waals surface area contributed by atoms with E-state index >= 15 is 0 Å². The Morgan fingerprint density at radius 2 is 1.24 bits per heavy atom. The summed E-state index contributed by atoms with van der Waals surface area (Å²) in [6.45, 7) is 0.809. The minimum atomic E-state index is -0.948. The van der Waals surface area contributed by atoms with Gasteiger partial charge in [-0.1, -0.05) is 60.7 Å². The molecule has 10 heteroatoms. The lowest BCUT2D eigenvalue weighted by atomic mass is 10.00. The number of nitrogens with one attached hydrogen (secondary N) is 3. The summed E-state index contributed by atoms with van der Waals surface area (Å²) in [4.78, 5) is 67.5. The normalized spacial score (nSPS) is 22.5. The molecule has 1 fully saturated rings. The second kappa shape index (κ2) is 12.7. The van der Waals surface area contributed by atoms with Gasteiger partial charge in [0.05, 0.1) is 13.1 Å². The lowest BCUT2D eigenvalue weighted by Gasteiger charge is -2.35. The van der Waals surface area contributed by atoms with E-state index in [0.29, 0.717) is 0 Å². The van der Waals surface area contributed by atoms with Crippen LogP contribution in [0.3, 0.4) is 0 Å². The van der Waals surface area contributed by atoms with E-state index in [4.69, 9.17) is 0 Å². The van der Waals surface area contributed by atoms with E-state index in [9.17, 15) is 24.0 Å². The first kappa shape index (κ1) is 27.4. The summed E-state index contributed by atoms with van der Waals surface area (Å²) in [5.74, 6) is -2.55. The molecule has 3 rings (SSSR count). The fourth-order valence-corrected chi connectivity index (χ4v) is 4.09. The first-order chi connectivity index (χ1) is 17.7. The highest BCUT2D eigenvalue weighted by molar-refractivity contribution is 5.96. The molecule has 3 N–H and O–H groups in total. The largest absolute Gasteiger partial charge is 0.345 e. The van der Waals surface area contributed by atoms with Crippen LogP contribution in [0, 0.1) is 0 Å². The molecule has 0 spiro atoms. The fraction of sp³-hybridized carbons (Fsp3) is 0.370. The Labute approximate surface area is 216 Å². The Kier molecular flexibility index (Phi) is 9.37. The summed E-state index contributed by atoms with van der Waals surface area (Å²) in [5, 5.41) is 7.59. The van der Waals surface area contributed by atoms with Gasteiger partial charge >= 0.3 is 0 Å². The van der Waals surface area contributed by atoms with Crippen molar-refractivity contribution in [2.45, 2.75) is 37.9 Å². The van der Waals surface area contributed by atoms with Crippen molar-refractivity contribution in [3.63, 3.8) is 0 Å². The predicted octanol–water partition coefficient (Wildman–Crippen LogP) is -0.123. The van der Waals surface area contributed by atoms with Gasteiger partial charge in [0.2, 0.25) is 29.5 Å². The van der Waals surface area contributed by atoms with Crippen LogP contribution in [0.2, 0.25) is 0 Å². The van der Waals surface area contributed by atoms with Crippen LogP contribution in [-0.2, 0) is 36.8 Å². The lowest BCUT2D eigenvalue weighted by Crippen LogP contribution is -2.58. The highest BCUT2D eigenvalue weighted by Crippen LogP contribution is 2.16. The van der Waals surface area contributed by atoms with Gasteiger partial charge in [-0.3, -0.25) is 24.0 Å². The number of hydrogen-bond donors (Lipinski definition) is 3. The summed E-state index contributed by atoms with van der Waals surface area (Å²) < 4.78 is 0. The van der Waals surface area contributed by atoms with Crippen molar-refractivity contribution >= 4 is 29.5 Å². The monoisotopic (exact) mass is 507 g/mol. The van der Waals surface area contributed by atoms with Gasteiger partial charge in [0.15, 0.2) is 0 Å². The minimum absolute atomic E-state index is 0.207. The molecule has 0 bridgehead atoms. The minimum Gasteiger partial charge on any atom is -0.345 e. The molecule has 1 saturated heterocycles. The third-order valence-corrected chi connectivity index (χ3v) is 6.42. The third kappa shape index (κ3) is 7.39. The molecule has 0 saturated carbocycles. The number of carbonyl (C=O) groups is 5. The van der Waals surface area contributed by atoms with Crippen LogP contribution >= 0.6 is 0 Å². The van der Waals surface area contributed by atoms with Crippen LogP contribution in [-0.4, -0.2) is 84.6 Å². The number of nitrogens with zero attached hydrogens (tertiary/aromatic N) is 2. The van der Waals surface area contributed by atoms with E-state index in [1.165, 1.54) is 30.8 Å². The van der Waals surface area contributed by atoms with Crippen molar-refractivity contribution in [3.05, 3.63) is 71.8 Å². The quantitative estimate of drug-likeness (QED) is 0.532. The summed E-state index contributed by atoms with van der Waals surface area (Å²) in [6.07, 6.45) is 0.426. The smallest absolute Gasteiger partial charge is 0.246 e. The molecule has 196 valence electrons. The van der Waals surface area contributed by atoms with Gasteiger partial charge in [-0.25, -0.2) is 0 Å². The molecule has 2 aromatic carbocycles. The van der Waals surface area contributed by atoms with E-state index in [0.717, 1.165) is 11.1 Å². The summed E-state index contributed by atoms with van der Waals surface area (Å²) in [6, 6.07) is 15.7. The Morgan fingerprint density at radius 3 is 1.81 bits per heavy atom. The Morgan fingerprint density at radius 1 is 0.703 bits per heavy atom. The zero-order chi connectivity index (χ0) is 26.9. The number of amides is 5. The van der Waals surface area contributed by atoms with Gasteiger partial charge in [-0.2, -0.15) is 0 Å². The Hall–Kier alpha value is -4.21. The molecule has 37 heavy (non-hydrogen) atoms. The average molecular weight is 508 g/mol. The van der Waals surface area contributed by atoms with Gasteiger partial charge in [0, 0.05) is 26.9 Å². The Bertz CT molecular complexity index is 1120. The zero-order valence-corrected chi connectivity index (χ0v) is 21.3. The van der Waals surface area contributed by atoms with Crippen molar-refractivity contribution in [1.82, 2.24) is 25.8 Å². The van der Waals surface area contributed by atoms with Crippen LogP contribution in [0.5, 0.6) is 0 Å². The van der Waals surface area contributed by atoms with E-state index < -0.39 is 47.7 Å². The van der Waals surface area contributed by atoms with E-state index in [-0.39, 0.29) is 25.9 Å². The molecular weight excluding hydrogens is 474 g/mol. The van der Waals surface area contributed by atoms with Crippen molar-refractivity contribution in [3.8, 4) is 0 Å². The van der Waals surface area contributed by atoms with Crippen LogP contribution in [0.25, 0.3) is 0 Å². The number of benzene rings is 2. The van der Waals surface area contributed by atoms with Gasteiger partial charge in [-0.05, 0) is 18.1 Å². The standard InChI is InChI=1S/C27H33N5O5/c1-18-25(35)29-16-23(33)28-17-24(34)31(2)22(15-20-12-8-5-9-13-20)27(37)32(3)21(26(36)30-18)14-19-10-6-4-7-11-19/h4-13,18,21-22H,14-17H2,1-3H3,(H,28,33)(H,29,35)(H,30,36)/t18-,21+,22-/m0/s1. The van der Waals surface area contributed by atoms with Crippen LogP contribution in [0.1, 0.15) is 18.1 Å². The summed E-state index contributed by atoms with van der Waals surface area (Å²) >= 11 is 0. The average Bonchev–Trinajstić information content (AvgIpc) is 2.91. The maximum Gasteiger partial charge on any atom is 0.246 e. The maximum atomic E-state index is 13.9. The van der Waals surface area contributed by atoms with Gasteiger partial charge in [0.1, 0.15) is 18.1 Å². The molecule has 10 nitrogen and oxygen atoms in total. The first-order valence-corrected chi connectivity index (χ1v) is 12.1. The molecule has 1 aliphatic rings. The van der Waals surface area contributed by atoms with Crippen LogP contribution in [0.15, 0.2) is 60.7 Å². The molecule has 0 unspecified atom stereocenters. The number of hydrogen-bond acceptors (Lipinski definition) is 5. The number of rotatable bonds is 4. The summed E-state index contributed by atoms with van der Waals surface area (Å²) in [7, 11) is 3.03. The Balaban J connectivity index is 1.99. The molecule has 2 aromatic rings. The van der Waals surface area contributed by atoms with E-state index in [2.05, 4.69) is 16.0 Å². The zero-order valence-electron chi connectivity index (χ0n) is 21.3.